The van der Waals surface area contributed by atoms with Gasteiger partial charge in [0.05, 0.1) is 42.3 Å². The number of halogens is 1. The first-order valence-corrected chi connectivity index (χ1v) is 18.9. The summed E-state index contributed by atoms with van der Waals surface area (Å²) in [6.07, 6.45) is 2.43. The highest BCUT2D eigenvalue weighted by Gasteiger charge is 2.69. The number of hydrogen-bond acceptors (Lipinski definition) is 9. The largest absolute Gasteiger partial charge is 0.507 e. The number of aromatic nitrogens is 2. The number of phenols is 1. The maximum absolute atomic E-state index is 15.2. The van der Waals surface area contributed by atoms with E-state index in [2.05, 4.69) is 0 Å². The number of nitrogens with zero attached hydrogens (tertiary/aromatic N) is 4. The van der Waals surface area contributed by atoms with Crippen LogP contribution in [-0.4, -0.2) is 63.2 Å². The maximum atomic E-state index is 15.2. The lowest BCUT2D eigenvalue weighted by molar-refractivity contribution is -0.145. The number of aromatic hydroxyl groups is 1. The minimum atomic E-state index is -1.41. The Balaban J connectivity index is 1.29. The Bertz CT molecular complexity index is 2320. The number of phenolic OH excluding ortho intramolecular Hbond substituents is 1. The van der Waals surface area contributed by atoms with Crippen molar-refractivity contribution in [2.45, 2.75) is 58.9 Å². The van der Waals surface area contributed by atoms with Gasteiger partial charge in [-0.05, 0) is 82.5 Å². The topological polar surface area (TPSA) is 131 Å². The molecule has 2 saturated heterocycles. The summed E-state index contributed by atoms with van der Waals surface area (Å²) in [5.74, 6) is -4.22. The number of methoxy groups -OCH3 is 2. The number of thiophene rings is 1. The van der Waals surface area contributed by atoms with Gasteiger partial charge in [-0.25, -0.2) is 4.90 Å². The second kappa shape index (κ2) is 11.9. The number of likely N-dealkylation sites (tertiary alicyclic amines) is 1. The number of carbonyl (C=O) groups is 4. The number of fused-ring (bicyclic) bond motifs is 5. The van der Waals surface area contributed by atoms with Crippen LogP contribution in [0.25, 0.3) is 20.7 Å². The van der Waals surface area contributed by atoms with Crippen LogP contribution >= 0.6 is 22.9 Å². The molecule has 2 aromatic carbocycles. The fraction of sp³-hybridized carbons (Fsp3) is 0.425. The average Bonchev–Trinajstić information content (AvgIpc) is 3.78. The molecule has 4 amide bonds. The molecule has 0 radical (unpaired) electrons. The number of amides is 4. The van der Waals surface area contributed by atoms with Crippen molar-refractivity contribution in [1.29, 1.82) is 0 Å². The van der Waals surface area contributed by atoms with E-state index in [1.165, 1.54) is 30.1 Å². The molecule has 2 aromatic heterocycles. The molecule has 4 heterocycles. The van der Waals surface area contributed by atoms with Crippen molar-refractivity contribution < 1.29 is 33.8 Å². The van der Waals surface area contributed by atoms with Crippen molar-refractivity contribution in [2.75, 3.05) is 19.1 Å². The molecule has 8 rings (SSSR count). The number of benzene rings is 2. The highest BCUT2D eigenvalue weighted by Crippen LogP contribution is 2.66. The van der Waals surface area contributed by atoms with Gasteiger partial charge in [0.25, 0.3) is 0 Å². The van der Waals surface area contributed by atoms with Gasteiger partial charge in [-0.3, -0.25) is 28.8 Å². The summed E-state index contributed by atoms with van der Waals surface area (Å²) in [7, 11) is 4.65. The molecular weight excluding hydrogens is 716 g/mol. The Hall–Kier alpha value is -4.68. The third kappa shape index (κ3) is 4.87. The summed E-state index contributed by atoms with van der Waals surface area (Å²) in [5.41, 5.74) is 0.528. The summed E-state index contributed by atoms with van der Waals surface area (Å²) in [6, 6.07) is 10.6. The molecule has 0 bridgehead atoms. The van der Waals surface area contributed by atoms with Crippen LogP contribution in [0.15, 0.2) is 48.0 Å². The molecule has 0 spiro atoms. The van der Waals surface area contributed by atoms with Crippen LogP contribution in [0.2, 0.25) is 5.02 Å². The Kier molecular flexibility index (Phi) is 7.95. The van der Waals surface area contributed by atoms with Crippen molar-refractivity contribution in [1.82, 2.24) is 14.7 Å². The molecule has 53 heavy (non-hydrogen) atoms. The molecule has 0 unspecified atom stereocenters. The number of anilines is 1. The van der Waals surface area contributed by atoms with Crippen molar-refractivity contribution >= 4 is 62.5 Å². The number of carbonyl (C=O) groups excluding carboxylic acids is 4. The van der Waals surface area contributed by atoms with E-state index in [1.807, 2.05) is 52.0 Å². The van der Waals surface area contributed by atoms with Gasteiger partial charge < -0.3 is 14.6 Å². The highest BCUT2D eigenvalue weighted by molar-refractivity contribution is 7.22. The van der Waals surface area contributed by atoms with Crippen molar-refractivity contribution in [3.05, 3.63) is 64.2 Å². The first-order chi connectivity index (χ1) is 25.0. The predicted octanol–water partition coefficient (Wildman–Crippen LogP) is 7.02. The van der Waals surface area contributed by atoms with E-state index in [1.54, 1.807) is 42.1 Å². The summed E-state index contributed by atoms with van der Waals surface area (Å²) in [5, 5.41) is 18.1. The monoisotopic (exact) mass is 756 g/mol. The van der Waals surface area contributed by atoms with Gasteiger partial charge in [-0.1, -0.05) is 23.3 Å². The number of imide groups is 2. The quantitative estimate of drug-likeness (QED) is 0.170. The molecule has 11 nitrogen and oxygen atoms in total. The zero-order valence-electron chi connectivity index (χ0n) is 30.8. The smallest absolute Gasteiger partial charge is 0.242 e. The molecule has 3 fully saturated rings. The third-order valence-corrected chi connectivity index (χ3v) is 13.5. The molecule has 2 aliphatic carbocycles. The zero-order chi connectivity index (χ0) is 38.0. The SMILES string of the molecule is COc1cc(O)c([C@H]2C3=CC[C@@H]4C(=O)N(C(C)(C)C)C(=O)[C@@H]4[C@@H]3C[C@H]3C(=O)N(c4cc(-c5sc6ccc(Cl)cc6c5C)nn4C)C(=O)[C@@]23C)c(OC)c1. The molecule has 4 aliphatic rings. The van der Waals surface area contributed by atoms with E-state index in [4.69, 9.17) is 26.2 Å². The van der Waals surface area contributed by atoms with E-state index in [0.29, 0.717) is 34.3 Å². The number of aryl methyl sites for hydroxylation is 2. The maximum Gasteiger partial charge on any atom is 0.242 e. The Labute approximate surface area is 316 Å². The van der Waals surface area contributed by atoms with Crippen LogP contribution in [0.5, 0.6) is 17.2 Å². The number of allylic oxidation sites excluding steroid dienone is 2. The van der Waals surface area contributed by atoms with Crippen LogP contribution in [0, 0.1) is 36.0 Å². The molecule has 6 atom stereocenters. The predicted molar refractivity (Wildman–Crippen MR) is 201 cm³/mol. The summed E-state index contributed by atoms with van der Waals surface area (Å²) in [6.45, 7) is 9.28. The van der Waals surface area contributed by atoms with E-state index in [0.717, 1.165) is 26.1 Å². The fourth-order valence-electron chi connectivity index (χ4n) is 9.58. The third-order valence-electron chi connectivity index (χ3n) is 12.0. The van der Waals surface area contributed by atoms with Gasteiger partial charge in [0.2, 0.25) is 23.6 Å². The first-order valence-electron chi connectivity index (χ1n) is 17.7. The van der Waals surface area contributed by atoms with E-state index < -0.39 is 52.4 Å². The van der Waals surface area contributed by atoms with E-state index >= 15 is 4.79 Å². The highest BCUT2D eigenvalue weighted by atomic mass is 35.5. The van der Waals surface area contributed by atoms with Gasteiger partial charge in [-0.2, -0.15) is 5.10 Å². The van der Waals surface area contributed by atoms with Gasteiger partial charge >= 0.3 is 0 Å². The molecule has 1 saturated carbocycles. The van der Waals surface area contributed by atoms with Gasteiger partial charge in [0, 0.05) is 52.0 Å². The van der Waals surface area contributed by atoms with Crippen LogP contribution in [-0.2, 0) is 26.2 Å². The van der Waals surface area contributed by atoms with Crippen LogP contribution in [0.1, 0.15) is 57.6 Å². The van der Waals surface area contributed by atoms with Crippen LogP contribution in [0.4, 0.5) is 5.82 Å². The van der Waals surface area contributed by atoms with E-state index in [9.17, 15) is 19.5 Å². The Morgan fingerprint density at radius 2 is 1.74 bits per heavy atom. The second-order valence-corrected chi connectivity index (χ2v) is 17.3. The van der Waals surface area contributed by atoms with Crippen molar-refractivity contribution in [2.24, 2.45) is 36.1 Å². The lowest BCUT2D eigenvalue weighted by Gasteiger charge is -2.49. The summed E-state index contributed by atoms with van der Waals surface area (Å²) < 4.78 is 13.9. The van der Waals surface area contributed by atoms with Gasteiger partial charge in [0.15, 0.2) is 0 Å². The number of rotatable bonds is 5. The molecular formula is C40H41ClN4O7S. The summed E-state index contributed by atoms with van der Waals surface area (Å²) in [4.78, 5) is 61.6. The lowest BCUT2D eigenvalue weighted by Crippen LogP contribution is -2.49. The molecule has 4 aromatic rings. The Morgan fingerprint density at radius 1 is 1.00 bits per heavy atom. The molecule has 2 aliphatic heterocycles. The Morgan fingerprint density at radius 3 is 2.42 bits per heavy atom. The van der Waals surface area contributed by atoms with Gasteiger partial charge in [0.1, 0.15) is 28.8 Å². The molecule has 276 valence electrons. The van der Waals surface area contributed by atoms with Crippen molar-refractivity contribution in [3.8, 4) is 27.8 Å². The van der Waals surface area contributed by atoms with E-state index in [-0.39, 0.29) is 29.7 Å². The minimum Gasteiger partial charge on any atom is -0.507 e. The minimum absolute atomic E-state index is 0.165. The van der Waals surface area contributed by atoms with Gasteiger partial charge in [-0.15, -0.1) is 11.3 Å². The van der Waals surface area contributed by atoms with Crippen molar-refractivity contribution in [3.63, 3.8) is 0 Å². The lowest BCUT2D eigenvalue weighted by atomic mass is 9.51. The van der Waals surface area contributed by atoms with Crippen LogP contribution in [0.3, 0.4) is 0 Å². The zero-order valence-corrected chi connectivity index (χ0v) is 32.4. The number of hydrogen-bond donors (Lipinski definition) is 1. The first kappa shape index (κ1) is 35.4. The molecule has 13 heteroatoms. The standard InChI is InChI=1S/C40H41ClN4O7S/c1-18-23-13-19(41)9-12-29(23)53-34(18)26-17-30(43(6)42-26)44-36(48)25-16-24-21(10-11-22-31(24)37(49)45(35(22)47)39(2,3)4)33(40(25,5)38(44)50)32-27(46)14-20(51-7)15-28(32)52-8/h9-10,12-15,17,22,24-25,31,33,46H,11,16H2,1-8H3/t22-,24+,25-,31-,33+,40+/m0/s1. The number of ether oxygens (including phenoxy) is 2. The summed E-state index contributed by atoms with van der Waals surface area (Å²) >= 11 is 7.87. The molecule has 1 N–H and O–H groups in total. The average molecular weight is 757 g/mol. The fourth-order valence-corrected chi connectivity index (χ4v) is 10.9. The van der Waals surface area contributed by atoms with Crippen LogP contribution < -0.4 is 14.4 Å². The normalized spacial score (nSPS) is 27.0. The second-order valence-electron chi connectivity index (χ2n) is 15.8.